The molecule has 3 atom stereocenters. The van der Waals surface area contributed by atoms with Crippen LogP contribution in [0.4, 0.5) is 14.5 Å². The van der Waals surface area contributed by atoms with E-state index < -0.39 is 30.1 Å². The maximum atomic E-state index is 15.2. The lowest BCUT2D eigenvalue weighted by molar-refractivity contribution is -0.139. The number of aliphatic hydroxyl groups is 1. The lowest BCUT2D eigenvalue weighted by Gasteiger charge is -2.38. The Hall–Kier alpha value is -1.72. The molecule has 0 bridgehead atoms. The van der Waals surface area contributed by atoms with E-state index in [0.29, 0.717) is 30.3 Å². The third kappa shape index (κ3) is 4.06. The number of aromatic nitrogens is 2. The van der Waals surface area contributed by atoms with Crippen LogP contribution in [-0.2, 0) is 20.8 Å². The summed E-state index contributed by atoms with van der Waals surface area (Å²) in [6.45, 7) is 8.04. The van der Waals surface area contributed by atoms with Crippen molar-refractivity contribution in [2.45, 2.75) is 58.4 Å². The summed E-state index contributed by atoms with van der Waals surface area (Å²) in [7, 11) is 0. The van der Waals surface area contributed by atoms with Gasteiger partial charge in [-0.3, -0.25) is 0 Å². The predicted octanol–water partition coefficient (Wildman–Crippen LogP) is 3.41. The quantitative estimate of drug-likeness (QED) is 0.779. The van der Waals surface area contributed by atoms with Crippen LogP contribution in [-0.4, -0.2) is 53.0 Å². The van der Waals surface area contributed by atoms with E-state index in [9.17, 15) is 5.11 Å². The highest BCUT2D eigenvalue weighted by atomic mass is 32.1. The summed E-state index contributed by atoms with van der Waals surface area (Å²) < 4.78 is 47.3. The molecule has 10 heteroatoms. The van der Waals surface area contributed by atoms with Crippen molar-refractivity contribution in [2.75, 3.05) is 24.6 Å². The van der Waals surface area contributed by atoms with Gasteiger partial charge in [0, 0.05) is 18.7 Å². The van der Waals surface area contributed by atoms with Crippen molar-refractivity contribution in [2.24, 2.45) is 0 Å². The number of rotatable bonds is 4. The molecule has 2 saturated heterocycles. The van der Waals surface area contributed by atoms with Crippen LogP contribution >= 0.6 is 11.3 Å². The monoisotopic (exact) mass is 441 g/mol. The molecule has 0 aliphatic carbocycles. The number of nitrogens with zero attached hydrogens (tertiary/aromatic N) is 3. The van der Waals surface area contributed by atoms with Gasteiger partial charge in [0.1, 0.15) is 11.1 Å². The first-order valence-corrected chi connectivity index (χ1v) is 10.7. The molecule has 1 N–H and O–H groups in total. The SMILES string of the molecule is CC1CN(c2c(CO)cc(-c3nnc(C4COC(C)(C)O4)s3)c(F)c2F)CC(C)O1. The normalized spacial score (nSPS) is 26.4. The van der Waals surface area contributed by atoms with Crippen molar-refractivity contribution < 1.29 is 28.1 Å². The van der Waals surface area contributed by atoms with Gasteiger partial charge in [0.2, 0.25) is 0 Å². The molecule has 3 unspecified atom stereocenters. The fraction of sp³-hybridized carbons (Fsp3) is 0.600. The van der Waals surface area contributed by atoms with Gasteiger partial charge in [0.05, 0.1) is 36.7 Å². The zero-order chi connectivity index (χ0) is 21.6. The highest BCUT2D eigenvalue weighted by molar-refractivity contribution is 7.14. The van der Waals surface area contributed by atoms with Crippen molar-refractivity contribution in [3.8, 4) is 10.6 Å². The Morgan fingerprint density at radius 2 is 1.90 bits per heavy atom. The van der Waals surface area contributed by atoms with E-state index in [2.05, 4.69) is 10.2 Å². The van der Waals surface area contributed by atoms with Crippen molar-refractivity contribution in [3.63, 3.8) is 0 Å². The average molecular weight is 442 g/mol. The molecule has 2 aliphatic rings. The molecule has 2 aromatic rings. The lowest BCUT2D eigenvalue weighted by atomic mass is 10.0. The van der Waals surface area contributed by atoms with Gasteiger partial charge in [0.15, 0.2) is 22.4 Å². The average Bonchev–Trinajstić information content (AvgIpc) is 3.29. The van der Waals surface area contributed by atoms with Crippen LogP contribution in [0.5, 0.6) is 0 Å². The zero-order valence-corrected chi connectivity index (χ0v) is 18.1. The summed E-state index contributed by atoms with van der Waals surface area (Å²) in [6, 6.07) is 1.44. The molecular formula is C20H25F2N3O4S. The Bertz CT molecular complexity index is 929. The van der Waals surface area contributed by atoms with Gasteiger partial charge in [-0.2, -0.15) is 0 Å². The largest absolute Gasteiger partial charge is 0.392 e. The summed E-state index contributed by atoms with van der Waals surface area (Å²) >= 11 is 1.12. The van der Waals surface area contributed by atoms with E-state index in [1.165, 1.54) is 6.07 Å². The minimum absolute atomic E-state index is 0.0309. The molecule has 1 aromatic carbocycles. The molecular weight excluding hydrogens is 416 g/mol. The van der Waals surface area contributed by atoms with Gasteiger partial charge >= 0.3 is 0 Å². The molecule has 0 radical (unpaired) electrons. The predicted molar refractivity (Wildman–Crippen MR) is 107 cm³/mol. The van der Waals surface area contributed by atoms with Gasteiger partial charge < -0.3 is 24.2 Å². The van der Waals surface area contributed by atoms with Crippen LogP contribution in [0.3, 0.4) is 0 Å². The van der Waals surface area contributed by atoms with Gasteiger partial charge in [-0.05, 0) is 33.8 Å². The molecule has 7 nitrogen and oxygen atoms in total. The zero-order valence-electron chi connectivity index (χ0n) is 17.3. The maximum Gasteiger partial charge on any atom is 0.183 e. The van der Waals surface area contributed by atoms with E-state index in [1.54, 1.807) is 18.7 Å². The van der Waals surface area contributed by atoms with Crippen LogP contribution in [0.15, 0.2) is 6.07 Å². The molecule has 164 valence electrons. The Balaban J connectivity index is 1.68. The van der Waals surface area contributed by atoms with Crippen LogP contribution in [0.1, 0.15) is 44.4 Å². The van der Waals surface area contributed by atoms with E-state index in [4.69, 9.17) is 14.2 Å². The fourth-order valence-corrected chi connectivity index (χ4v) is 4.80. The molecule has 0 amide bonds. The van der Waals surface area contributed by atoms with E-state index >= 15 is 8.78 Å². The summed E-state index contributed by atoms with van der Waals surface area (Å²) in [4.78, 5) is 1.73. The first-order chi connectivity index (χ1) is 14.2. The third-order valence-corrected chi connectivity index (χ3v) is 6.17. The highest BCUT2D eigenvalue weighted by Gasteiger charge is 2.36. The second-order valence-electron chi connectivity index (χ2n) is 8.14. The minimum atomic E-state index is -1.01. The number of anilines is 1. The van der Waals surface area contributed by atoms with Crippen molar-refractivity contribution in [1.29, 1.82) is 0 Å². The molecule has 2 fully saturated rings. The second-order valence-corrected chi connectivity index (χ2v) is 9.15. The highest BCUT2D eigenvalue weighted by Crippen LogP contribution is 2.39. The van der Waals surface area contributed by atoms with E-state index in [0.717, 1.165) is 11.3 Å². The van der Waals surface area contributed by atoms with E-state index in [-0.39, 0.29) is 28.5 Å². The van der Waals surface area contributed by atoms with Crippen LogP contribution in [0.2, 0.25) is 0 Å². The molecule has 3 heterocycles. The Morgan fingerprint density at radius 3 is 2.50 bits per heavy atom. The second kappa shape index (κ2) is 8.08. The summed E-state index contributed by atoms with van der Waals surface area (Å²) in [5.41, 5.74) is 0.333. The Morgan fingerprint density at radius 1 is 1.20 bits per heavy atom. The number of halogens is 2. The van der Waals surface area contributed by atoms with Crippen LogP contribution < -0.4 is 4.90 Å². The maximum absolute atomic E-state index is 15.2. The van der Waals surface area contributed by atoms with E-state index in [1.807, 2.05) is 13.8 Å². The fourth-order valence-electron chi connectivity index (χ4n) is 3.93. The first kappa shape index (κ1) is 21.5. The van der Waals surface area contributed by atoms with Crippen LogP contribution in [0.25, 0.3) is 10.6 Å². The standard InChI is InChI=1S/C20H25F2N3O4S/c1-10-6-25(7-11(2)28-10)17-12(8-26)5-13(15(21)16(17)22)18-23-24-19(30-18)14-9-27-20(3,4)29-14/h5,10-11,14,26H,6-9H2,1-4H3. The van der Waals surface area contributed by atoms with Gasteiger partial charge in [0.25, 0.3) is 0 Å². The summed E-state index contributed by atoms with van der Waals surface area (Å²) in [5, 5.41) is 18.8. The lowest BCUT2D eigenvalue weighted by Crippen LogP contribution is -2.46. The Labute approximate surface area is 177 Å². The summed E-state index contributed by atoms with van der Waals surface area (Å²) in [5.74, 6) is -2.75. The molecule has 30 heavy (non-hydrogen) atoms. The Kier molecular flexibility index (Phi) is 5.80. The number of morpholine rings is 1. The summed E-state index contributed by atoms with van der Waals surface area (Å²) in [6.07, 6.45) is -0.677. The van der Waals surface area contributed by atoms with Crippen molar-refractivity contribution in [3.05, 3.63) is 28.3 Å². The first-order valence-electron chi connectivity index (χ1n) is 9.86. The smallest absolute Gasteiger partial charge is 0.183 e. The molecule has 2 aliphatic heterocycles. The van der Waals surface area contributed by atoms with Gasteiger partial charge in [-0.25, -0.2) is 8.78 Å². The topological polar surface area (TPSA) is 76.9 Å². The third-order valence-electron chi connectivity index (χ3n) is 5.12. The number of benzene rings is 1. The molecule has 1 aromatic heterocycles. The van der Waals surface area contributed by atoms with Crippen molar-refractivity contribution in [1.82, 2.24) is 10.2 Å². The van der Waals surface area contributed by atoms with Gasteiger partial charge in [-0.1, -0.05) is 11.3 Å². The van der Waals surface area contributed by atoms with Gasteiger partial charge in [-0.15, -0.1) is 10.2 Å². The molecule has 4 rings (SSSR count). The number of hydrogen-bond acceptors (Lipinski definition) is 8. The number of aliphatic hydroxyl groups excluding tert-OH is 1. The number of hydrogen-bond donors (Lipinski definition) is 1. The number of ether oxygens (including phenoxy) is 3. The molecule has 0 saturated carbocycles. The minimum Gasteiger partial charge on any atom is -0.392 e. The van der Waals surface area contributed by atoms with Crippen molar-refractivity contribution >= 4 is 17.0 Å². The van der Waals surface area contributed by atoms with Crippen LogP contribution in [0, 0.1) is 11.6 Å². The molecule has 0 spiro atoms.